The molecule has 0 aromatic rings. The molecule has 5 nitrogen and oxygen atoms in total. The number of carboxylic acid groups (broad SMARTS) is 2. The van der Waals surface area contributed by atoms with Gasteiger partial charge in [-0.05, 0) is 55.9 Å². The van der Waals surface area contributed by atoms with Crippen LogP contribution in [0.4, 0.5) is 0 Å². The van der Waals surface area contributed by atoms with Crippen molar-refractivity contribution >= 4 is 17.7 Å². The molecule has 0 saturated heterocycles. The average molecular weight is 348 g/mol. The maximum atomic E-state index is 12.2. The Hall–Kier alpha value is -1.91. The van der Waals surface area contributed by atoms with E-state index in [1.807, 2.05) is 6.92 Å². The zero-order chi connectivity index (χ0) is 19.0. The van der Waals surface area contributed by atoms with Gasteiger partial charge in [0.2, 0.25) is 0 Å². The summed E-state index contributed by atoms with van der Waals surface area (Å²) in [6.45, 7) is 8.10. The average Bonchev–Trinajstić information content (AvgIpc) is 2.50. The van der Waals surface area contributed by atoms with Crippen LogP contribution < -0.4 is 0 Å². The molecule has 0 spiro atoms. The summed E-state index contributed by atoms with van der Waals surface area (Å²) in [5.74, 6) is -1.75. The maximum absolute atomic E-state index is 12.2. The van der Waals surface area contributed by atoms with Crippen LogP contribution in [0, 0.1) is 22.7 Å². The minimum absolute atomic E-state index is 0.0371. The van der Waals surface area contributed by atoms with Crippen molar-refractivity contribution < 1.29 is 24.6 Å². The lowest BCUT2D eigenvalue weighted by molar-refractivity contribution is -0.140. The van der Waals surface area contributed by atoms with Gasteiger partial charge in [-0.2, -0.15) is 0 Å². The largest absolute Gasteiger partial charge is 0.478 e. The molecular weight excluding hydrogens is 320 g/mol. The second kappa shape index (κ2) is 6.77. The minimum atomic E-state index is -1.00. The van der Waals surface area contributed by atoms with Crippen molar-refractivity contribution in [3.05, 3.63) is 23.3 Å². The summed E-state index contributed by atoms with van der Waals surface area (Å²) < 4.78 is 0. The molecule has 0 aliphatic heterocycles. The van der Waals surface area contributed by atoms with Gasteiger partial charge in [0.1, 0.15) is 0 Å². The van der Waals surface area contributed by atoms with Crippen LogP contribution in [0.25, 0.3) is 0 Å². The lowest BCUT2D eigenvalue weighted by atomic mass is 9.46. The SMILES string of the molecule is C/C(=C/C(=O)O)CC[C@@]1(C)[C@H](C)CC[C@@]2(C)C(C(=O)O)=CC(=O)C[C@H]12. The Bertz CT molecular complexity index is 659. The van der Waals surface area contributed by atoms with E-state index in [1.54, 1.807) is 6.92 Å². The third kappa shape index (κ3) is 3.55. The van der Waals surface area contributed by atoms with Crippen molar-refractivity contribution in [1.82, 2.24) is 0 Å². The summed E-state index contributed by atoms with van der Waals surface area (Å²) in [5.41, 5.74) is 0.324. The highest BCUT2D eigenvalue weighted by atomic mass is 16.4. The summed E-state index contributed by atoms with van der Waals surface area (Å²) >= 11 is 0. The zero-order valence-corrected chi connectivity index (χ0v) is 15.5. The van der Waals surface area contributed by atoms with Gasteiger partial charge in [0.15, 0.2) is 5.78 Å². The predicted molar refractivity (Wildman–Crippen MR) is 94.1 cm³/mol. The quantitative estimate of drug-likeness (QED) is 0.737. The van der Waals surface area contributed by atoms with Gasteiger partial charge in [-0.25, -0.2) is 9.59 Å². The van der Waals surface area contributed by atoms with Crippen LogP contribution in [0.1, 0.15) is 59.8 Å². The van der Waals surface area contributed by atoms with Crippen LogP contribution in [0.2, 0.25) is 0 Å². The highest BCUT2D eigenvalue weighted by Gasteiger charge is 2.56. The Kier molecular flexibility index (Phi) is 5.26. The normalized spacial score (nSPS) is 35.8. The van der Waals surface area contributed by atoms with E-state index >= 15 is 0 Å². The van der Waals surface area contributed by atoms with E-state index in [0.29, 0.717) is 18.8 Å². The second-order valence-corrected chi connectivity index (χ2v) is 8.28. The zero-order valence-electron chi connectivity index (χ0n) is 15.5. The van der Waals surface area contributed by atoms with Crippen LogP contribution in [0.15, 0.2) is 23.3 Å². The van der Waals surface area contributed by atoms with Crippen molar-refractivity contribution in [3.8, 4) is 0 Å². The van der Waals surface area contributed by atoms with Gasteiger partial charge in [-0.1, -0.05) is 26.3 Å². The van der Waals surface area contributed by atoms with Gasteiger partial charge in [-0.3, -0.25) is 4.79 Å². The lowest BCUT2D eigenvalue weighted by Crippen LogP contribution is -2.52. The summed E-state index contributed by atoms with van der Waals surface area (Å²) in [6.07, 6.45) is 5.99. The topological polar surface area (TPSA) is 91.7 Å². The van der Waals surface area contributed by atoms with Gasteiger partial charge < -0.3 is 10.2 Å². The number of hydrogen-bond acceptors (Lipinski definition) is 3. The Morgan fingerprint density at radius 3 is 2.52 bits per heavy atom. The summed E-state index contributed by atoms with van der Waals surface area (Å²) in [5, 5.41) is 18.5. The molecule has 0 bridgehead atoms. The number of hydrogen-bond donors (Lipinski definition) is 2. The molecule has 0 aromatic heterocycles. The lowest BCUT2D eigenvalue weighted by Gasteiger charge is -2.57. The van der Waals surface area contributed by atoms with Crippen molar-refractivity contribution in [2.75, 3.05) is 0 Å². The molecule has 4 atom stereocenters. The molecule has 2 aliphatic carbocycles. The fraction of sp³-hybridized carbons (Fsp3) is 0.650. The number of carbonyl (C=O) groups is 3. The number of carboxylic acids is 2. The molecule has 2 rings (SSSR count). The third-order valence-corrected chi connectivity index (χ3v) is 6.77. The summed E-state index contributed by atoms with van der Waals surface area (Å²) in [4.78, 5) is 34.8. The van der Waals surface area contributed by atoms with Crippen molar-refractivity contribution in [1.29, 1.82) is 0 Å². The van der Waals surface area contributed by atoms with Gasteiger partial charge >= 0.3 is 11.9 Å². The Balaban J connectivity index is 2.37. The van der Waals surface area contributed by atoms with Crippen LogP contribution >= 0.6 is 0 Å². The van der Waals surface area contributed by atoms with E-state index in [1.165, 1.54) is 12.2 Å². The van der Waals surface area contributed by atoms with Crippen molar-refractivity contribution in [2.45, 2.75) is 59.8 Å². The van der Waals surface area contributed by atoms with E-state index in [-0.39, 0.29) is 22.7 Å². The molecule has 5 heteroatoms. The van der Waals surface area contributed by atoms with E-state index in [2.05, 4.69) is 13.8 Å². The number of rotatable bonds is 5. The fourth-order valence-electron chi connectivity index (χ4n) is 4.93. The number of carbonyl (C=O) groups excluding carboxylic acids is 1. The molecule has 0 amide bonds. The van der Waals surface area contributed by atoms with Crippen LogP contribution in [0.3, 0.4) is 0 Å². The highest BCUT2D eigenvalue weighted by Crippen LogP contribution is 2.61. The number of ketones is 1. The van der Waals surface area contributed by atoms with Gasteiger partial charge in [-0.15, -0.1) is 0 Å². The Labute approximate surface area is 148 Å². The first kappa shape index (κ1) is 19.4. The first-order valence-corrected chi connectivity index (χ1v) is 8.89. The highest BCUT2D eigenvalue weighted by molar-refractivity contribution is 6.01. The smallest absolute Gasteiger partial charge is 0.332 e. The van der Waals surface area contributed by atoms with Gasteiger partial charge in [0, 0.05) is 23.5 Å². The molecule has 1 fully saturated rings. The van der Waals surface area contributed by atoms with Crippen LogP contribution in [-0.4, -0.2) is 27.9 Å². The van der Waals surface area contributed by atoms with Gasteiger partial charge in [0.05, 0.1) is 0 Å². The molecule has 0 heterocycles. The van der Waals surface area contributed by atoms with E-state index < -0.39 is 17.4 Å². The first-order chi connectivity index (χ1) is 11.5. The molecule has 25 heavy (non-hydrogen) atoms. The third-order valence-electron chi connectivity index (χ3n) is 6.77. The van der Waals surface area contributed by atoms with E-state index in [0.717, 1.165) is 24.8 Å². The Morgan fingerprint density at radius 2 is 1.96 bits per heavy atom. The fourth-order valence-corrected chi connectivity index (χ4v) is 4.93. The molecule has 0 aromatic carbocycles. The molecule has 0 unspecified atom stereocenters. The number of allylic oxidation sites excluding steroid dienone is 2. The standard InChI is InChI=1S/C20H28O5/c1-12(9-17(22)23)5-7-19(3)13(2)6-8-20(4)15(18(24)25)10-14(21)11-16(19)20/h9-10,13,16H,5-8,11H2,1-4H3,(H,22,23)(H,24,25)/b12-9-/t13-,16-,19+,20+/m1/s1. The molecular formula is C20H28O5. The van der Waals surface area contributed by atoms with Crippen LogP contribution in [-0.2, 0) is 14.4 Å². The first-order valence-electron chi connectivity index (χ1n) is 8.89. The van der Waals surface area contributed by atoms with E-state index in [4.69, 9.17) is 5.11 Å². The van der Waals surface area contributed by atoms with Gasteiger partial charge in [0.25, 0.3) is 0 Å². The molecule has 1 saturated carbocycles. The molecule has 0 radical (unpaired) electrons. The second-order valence-electron chi connectivity index (χ2n) is 8.28. The van der Waals surface area contributed by atoms with Crippen molar-refractivity contribution in [2.24, 2.45) is 22.7 Å². The number of fused-ring (bicyclic) bond motifs is 1. The minimum Gasteiger partial charge on any atom is -0.478 e. The molecule has 138 valence electrons. The Morgan fingerprint density at radius 1 is 1.32 bits per heavy atom. The summed E-state index contributed by atoms with van der Waals surface area (Å²) in [6, 6.07) is 0. The number of aliphatic carboxylic acids is 2. The van der Waals surface area contributed by atoms with Crippen molar-refractivity contribution in [3.63, 3.8) is 0 Å². The van der Waals surface area contributed by atoms with Crippen LogP contribution in [0.5, 0.6) is 0 Å². The molecule has 2 aliphatic rings. The van der Waals surface area contributed by atoms with E-state index in [9.17, 15) is 19.5 Å². The molecule has 2 N–H and O–H groups in total. The summed E-state index contributed by atoms with van der Waals surface area (Å²) in [7, 11) is 0. The monoisotopic (exact) mass is 348 g/mol. The predicted octanol–water partition coefficient (Wildman–Crippen LogP) is 3.84. The maximum Gasteiger partial charge on any atom is 0.332 e.